The molecular formula is C11H12N2O. The molecule has 0 saturated carbocycles. The van der Waals surface area contributed by atoms with Crippen molar-refractivity contribution in [3.63, 3.8) is 0 Å². The van der Waals surface area contributed by atoms with Crippen LogP contribution in [0, 0.1) is 20.8 Å². The molecule has 3 nitrogen and oxygen atoms in total. The lowest BCUT2D eigenvalue weighted by Crippen LogP contribution is -1.89. The average molecular weight is 188 g/mol. The topological polar surface area (TPSA) is 38.9 Å². The van der Waals surface area contributed by atoms with E-state index in [0.29, 0.717) is 5.82 Å². The molecule has 0 amide bonds. The molecular weight excluding hydrogens is 176 g/mol. The molecule has 0 aliphatic carbocycles. The maximum Gasteiger partial charge on any atom is 0.214 e. The van der Waals surface area contributed by atoms with Crippen LogP contribution in [-0.4, -0.2) is 10.1 Å². The molecule has 1 aromatic heterocycles. The highest BCUT2D eigenvalue weighted by Gasteiger charge is 2.06. The van der Waals surface area contributed by atoms with Crippen LogP contribution in [0.4, 0.5) is 0 Å². The van der Waals surface area contributed by atoms with Crippen LogP contribution in [0.3, 0.4) is 0 Å². The van der Waals surface area contributed by atoms with Crippen molar-refractivity contribution in [2.24, 2.45) is 0 Å². The SMILES string of the molecule is Cc1cc(-c2ncon2)cc(C)c1C. The molecule has 0 unspecified atom stereocenters. The molecule has 3 heteroatoms. The van der Waals surface area contributed by atoms with Crippen LogP contribution in [0.2, 0.25) is 0 Å². The predicted molar refractivity (Wildman–Crippen MR) is 53.9 cm³/mol. The van der Waals surface area contributed by atoms with Gasteiger partial charge < -0.3 is 4.52 Å². The van der Waals surface area contributed by atoms with Crippen molar-refractivity contribution in [1.82, 2.24) is 10.1 Å². The minimum Gasteiger partial charge on any atom is -0.342 e. The minimum atomic E-state index is 0.649. The molecule has 2 aromatic rings. The smallest absolute Gasteiger partial charge is 0.214 e. The summed E-state index contributed by atoms with van der Waals surface area (Å²) >= 11 is 0. The van der Waals surface area contributed by atoms with Crippen LogP contribution in [0.25, 0.3) is 11.4 Å². The number of hydrogen-bond donors (Lipinski definition) is 0. The van der Waals surface area contributed by atoms with Crippen molar-refractivity contribution in [2.45, 2.75) is 20.8 Å². The highest BCUT2D eigenvalue weighted by Crippen LogP contribution is 2.21. The Labute approximate surface area is 82.8 Å². The Kier molecular flexibility index (Phi) is 2.08. The number of benzene rings is 1. The number of hydrogen-bond acceptors (Lipinski definition) is 3. The van der Waals surface area contributed by atoms with E-state index < -0.39 is 0 Å². The molecule has 72 valence electrons. The second-order valence-electron chi connectivity index (χ2n) is 3.49. The van der Waals surface area contributed by atoms with Gasteiger partial charge in [0.25, 0.3) is 0 Å². The molecule has 1 heterocycles. The minimum absolute atomic E-state index is 0.649. The van der Waals surface area contributed by atoms with Gasteiger partial charge in [0.15, 0.2) is 0 Å². The zero-order valence-electron chi connectivity index (χ0n) is 8.53. The lowest BCUT2D eigenvalue weighted by atomic mass is 10.0. The van der Waals surface area contributed by atoms with Crippen molar-refractivity contribution >= 4 is 0 Å². The summed E-state index contributed by atoms with van der Waals surface area (Å²) in [4.78, 5) is 4.02. The third-order valence-corrected chi connectivity index (χ3v) is 2.55. The molecule has 0 saturated heterocycles. The van der Waals surface area contributed by atoms with Gasteiger partial charge in [-0.3, -0.25) is 0 Å². The van der Waals surface area contributed by atoms with Gasteiger partial charge in [-0.25, -0.2) is 0 Å². The van der Waals surface area contributed by atoms with E-state index in [-0.39, 0.29) is 0 Å². The predicted octanol–water partition coefficient (Wildman–Crippen LogP) is 2.66. The van der Waals surface area contributed by atoms with Crippen LogP contribution in [0.5, 0.6) is 0 Å². The molecule has 14 heavy (non-hydrogen) atoms. The lowest BCUT2D eigenvalue weighted by molar-refractivity contribution is 0.419. The first-order valence-electron chi connectivity index (χ1n) is 4.53. The monoisotopic (exact) mass is 188 g/mol. The Bertz CT molecular complexity index is 423. The second kappa shape index (κ2) is 3.25. The Morgan fingerprint density at radius 1 is 1.07 bits per heavy atom. The molecule has 0 fully saturated rings. The van der Waals surface area contributed by atoms with E-state index in [1.807, 2.05) is 0 Å². The Hall–Kier alpha value is -1.64. The van der Waals surface area contributed by atoms with E-state index in [0.717, 1.165) is 5.56 Å². The molecule has 0 radical (unpaired) electrons. The number of nitrogens with zero attached hydrogens (tertiary/aromatic N) is 2. The van der Waals surface area contributed by atoms with Crippen LogP contribution in [-0.2, 0) is 0 Å². The third kappa shape index (κ3) is 1.41. The van der Waals surface area contributed by atoms with Gasteiger partial charge in [-0.1, -0.05) is 5.16 Å². The quantitative estimate of drug-likeness (QED) is 0.690. The lowest BCUT2D eigenvalue weighted by Gasteiger charge is -2.05. The second-order valence-corrected chi connectivity index (χ2v) is 3.49. The van der Waals surface area contributed by atoms with Crippen LogP contribution >= 0.6 is 0 Å². The zero-order chi connectivity index (χ0) is 10.1. The van der Waals surface area contributed by atoms with Crippen LogP contribution in [0.1, 0.15) is 16.7 Å². The fourth-order valence-electron chi connectivity index (χ4n) is 1.46. The fraction of sp³-hybridized carbons (Fsp3) is 0.273. The molecule has 2 rings (SSSR count). The summed E-state index contributed by atoms with van der Waals surface area (Å²) in [5.74, 6) is 0.649. The maximum atomic E-state index is 4.72. The largest absolute Gasteiger partial charge is 0.342 e. The summed E-state index contributed by atoms with van der Waals surface area (Å²) in [7, 11) is 0. The summed E-state index contributed by atoms with van der Waals surface area (Å²) < 4.78 is 4.72. The van der Waals surface area contributed by atoms with E-state index in [4.69, 9.17) is 4.52 Å². The van der Waals surface area contributed by atoms with E-state index in [9.17, 15) is 0 Å². The Balaban J connectivity index is 2.57. The van der Waals surface area contributed by atoms with E-state index in [2.05, 4.69) is 43.0 Å². The van der Waals surface area contributed by atoms with Crippen molar-refractivity contribution in [3.05, 3.63) is 35.2 Å². The fourth-order valence-corrected chi connectivity index (χ4v) is 1.46. The molecule has 0 spiro atoms. The summed E-state index contributed by atoms with van der Waals surface area (Å²) in [6.07, 6.45) is 1.35. The molecule has 1 aromatic carbocycles. The molecule has 0 N–H and O–H groups in total. The standard InChI is InChI=1S/C11H12N2O/c1-7-4-10(5-8(2)9(7)3)11-12-6-14-13-11/h4-6H,1-3H3. The summed E-state index contributed by atoms with van der Waals surface area (Å²) in [5.41, 5.74) is 4.84. The first-order valence-corrected chi connectivity index (χ1v) is 4.53. The van der Waals surface area contributed by atoms with Gasteiger partial charge in [-0.2, -0.15) is 4.98 Å². The molecule has 0 aliphatic heterocycles. The molecule has 0 aliphatic rings. The van der Waals surface area contributed by atoms with Gasteiger partial charge in [-0.15, -0.1) is 0 Å². The van der Waals surface area contributed by atoms with Crippen LogP contribution in [0.15, 0.2) is 23.0 Å². The average Bonchev–Trinajstić information content (AvgIpc) is 2.66. The van der Waals surface area contributed by atoms with E-state index >= 15 is 0 Å². The molecule has 0 bridgehead atoms. The first kappa shape index (κ1) is 8.94. The van der Waals surface area contributed by atoms with Crippen molar-refractivity contribution in [1.29, 1.82) is 0 Å². The first-order chi connectivity index (χ1) is 6.68. The number of aromatic nitrogens is 2. The van der Waals surface area contributed by atoms with Gasteiger partial charge in [0.2, 0.25) is 12.2 Å². The van der Waals surface area contributed by atoms with Gasteiger partial charge in [-0.05, 0) is 49.6 Å². The number of aryl methyl sites for hydroxylation is 2. The maximum absolute atomic E-state index is 4.72. The highest BCUT2D eigenvalue weighted by atomic mass is 16.5. The van der Waals surface area contributed by atoms with E-state index in [1.165, 1.54) is 23.1 Å². The molecule has 0 atom stereocenters. The van der Waals surface area contributed by atoms with Gasteiger partial charge in [0, 0.05) is 5.56 Å². The summed E-state index contributed by atoms with van der Waals surface area (Å²) in [6.45, 7) is 6.29. The van der Waals surface area contributed by atoms with E-state index in [1.54, 1.807) is 0 Å². The Morgan fingerprint density at radius 2 is 1.71 bits per heavy atom. The Morgan fingerprint density at radius 3 is 2.21 bits per heavy atom. The van der Waals surface area contributed by atoms with Crippen molar-refractivity contribution < 1.29 is 4.52 Å². The number of rotatable bonds is 1. The zero-order valence-corrected chi connectivity index (χ0v) is 8.53. The van der Waals surface area contributed by atoms with Gasteiger partial charge in [0.1, 0.15) is 0 Å². The normalized spacial score (nSPS) is 10.5. The van der Waals surface area contributed by atoms with Crippen LogP contribution < -0.4 is 0 Å². The van der Waals surface area contributed by atoms with Gasteiger partial charge >= 0.3 is 0 Å². The van der Waals surface area contributed by atoms with Crippen molar-refractivity contribution in [2.75, 3.05) is 0 Å². The summed E-state index contributed by atoms with van der Waals surface area (Å²) in [6, 6.07) is 4.15. The van der Waals surface area contributed by atoms with Gasteiger partial charge in [0.05, 0.1) is 0 Å². The summed E-state index contributed by atoms with van der Waals surface area (Å²) in [5, 5.41) is 3.81. The van der Waals surface area contributed by atoms with Crippen molar-refractivity contribution in [3.8, 4) is 11.4 Å². The highest BCUT2D eigenvalue weighted by molar-refractivity contribution is 5.58. The third-order valence-electron chi connectivity index (χ3n) is 2.55.